The molecule has 98 valence electrons. The summed E-state index contributed by atoms with van der Waals surface area (Å²) < 4.78 is 5.57. The molecular formula is C13H18N2O2S. The third-order valence-electron chi connectivity index (χ3n) is 3.03. The van der Waals surface area contributed by atoms with Crippen LogP contribution in [-0.2, 0) is 9.53 Å². The first-order chi connectivity index (χ1) is 8.74. The highest BCUT2D eigenvalue weighted by molar-refractivity contribution is 7.98. The maximum absolute atomic E-state index is 12.1. The van der Waals surface area contributed by atoms with Crippen molar-refractivity contribution in [1.29, 1.82) is 0 Å². The first-order valence-corrected chi connectivity index (χ1v) is 7.26. The molecule has 3 N–H and O–H groups in total. The number of nitrogens with two attached hydrogens (primary N) is 1. The Labute approximate surface area is 111 Å². The molecule has 1 aliphatic rings. The van der Waals surface area contributed by atoms with Gasteiger partial charge in [-0.05, 0) is 31.2 Å². The van der Waals surface area contributed by atoms with E-state index in [4.69, 9.17) is 10.5 Å². The number of nitrogens with one attached hydrogen (secondary N) is 1. The number of hydrogen-bond donors (Lipinski definition) is 2. The van der Waals surface area contributed by atoms with Crippen LogP contribution in [0.25, 0.3) is 0 Å². The van der Waals surface area contributed by atoms with Gasteiger partial charge in [0.15, 0.2) is 0 Å². The largest absolute Gasteiger partial charge is 0.364 e. The number of carbonyl (C=O) groups excluding carboxylic acids is 1. The normalized spacial score (nSPS) is 23.0. The van der Waals surface area contributed by atoms with Crippen LogP contribution in [-0.4, -0.2) is 30.9 Å². The maximum Gasteiger partial charge on any atom is 0.253 e. The molecule has 1 amide bonds. The van der Waals surface area contributed by atoms with Gasteiger partial charge in [0, 0.05) is 11.4 Å². The number of para-hydroxylation sites is 1. The molecule has 1 heterocycles. The molecule has 2 atom stereocenters. The van der Waals surface area contributed by atoms with Gasteiger partial charge in [0.05, 0.1) is 11.8 Å². The van der Waals surface area contributed by atoms with Crippen LogP contribution in [0.2, 0.25) is 0 Å². The zero-order valence-electron chi connectivity index (χ0n) is 10.4. The van der Waals surface area contributed by atoms with Gasteiger partial charge in [0.1, 0.15) is 6.10 Å². The van der Waals surface area contributed by atoms with Crippen LogP contribution >= 0.6 is 11.8 Å². The molecule has 5 heteroatoms. The van der Waals surface area contributed by atoms with Gasteiger partial charge in [-0.2, -0.15) is 0 Å². The fourth-order valence-corrected chi connectivity index (χ4v) is 2.59. The summed E-state index contributed by atoms with van der Waals surface area (Å²) in [6.45, 7) is 0.477. The zero-order chi connectivity index (χ0) is 13.0. The predicted molar refractivity (Wildman–Crippen MR) is 73.8 cm³/mol. The minimum atomic E-state index is -0.367. The van der Waals surface area contributed by atoms with Crippen LogP contribution in [0.4, 0.5) is 5.69 Å². The number of hydrogen-bond acceptors (Lipinski definition) is 4. The molecule has 1 fully saturated rings. The minimum absolute atomic E-state index is 0.0246. The molecule has 0 aliphatic carbocycles. The molecule has 1 aromatic carbocycles. The van der Waals surface area contributed by atoms with E-state index in [-0.39, 0.29) is 18.1 Å². The molecule has 1 saturated heterocycles. The Morgan fingerprint density at radius 3 is 2.94 bits per heavy atom. The second kappa shape index (κ2) is 6.22. The van der Waals surface area contributed by atoms with Gasteiger partial charge in [-0.25, -0.2) is 0 Å². The summed E-state index contributed by atoms with van der Waals surface area (Å²) in [6.07, 6.45) is 3.25. The third kappa shape index (κ3) is 3.04. The summed E-state index contributed by atoms with van der Waals surface area (Å²) in [5.41, 5.74) is 6.38. The Morgan fingerprint density at radius 1 is 1.50 bits per heavy atom. The molecule has 2 rings (SSSR count). The summed E-state index contributed by atoms with van der Waals surface area (Å²) in [4.78, 5) is 13.1. The standard InChI is InChI=1S/C13H18N2O2S/c1-18-12-5-3-2-4-10(12)15-13(16)11-7-6-9(8-14)17-11/h2-5,9,11H,6-8,14H2,1H3,(H,15,16). The number of anilines is 1. The number of amides is 1. The highest BCUT2D eigenvalue weighted by Crippen LogP contribution is 2.26. The van der Waals surface area contributed by atoms with Gasteiger partial charge in [-0.1, -0.05) is 12.1 Å². The van der Waals surface area contributed by atoms with Crippen molar-refractivity contribution in [3.8, 4) is 0 Å². The van der Waals surface area contributed by atoms with E-state index in [1.54, 1.807) is 11.8 Å². The molecular weight excluding hydrogens is 248 g/mol. The van der Waals surface area contributed by atoms with Crippen LogP contribution in [0.1, 0.15) is 12.8 Å². The highest BCUT2D eigenvalue weighted by Gasteiger charge is 2.30. The summed E-state index contributed by atoms with van der Waals surface area (Å²) in [7, 11) is 0. The van der Waals surface area contributed by atoms with E-state index in [1.807, 2.05) is 30.5 Å². The molecule has 0 bridgehead atoms. The Hall–Kier alpha value is -1.04. The van der Waals surface area contributed by atoms with Crippen molar-refractivity contribution in [2.75, 3.05) is 18.1 Å². The van der Waals surface area contributed by atoms with Crippen molar-refractivity contribution in [3.05, 3.63) is 24.3 Å². The molecule has 0 spiro atoms. The Morgan fingerprint density at radius 2 is 2.28 bits per heavy atom. The van der Waals surface area contributed by atoms with E-state index in [2.05, 4.69) is 5.32 Å². The molecule has 18 heavy (non-hydrogen) atoms. The van der Waals surface area contributed by atoms with Crippen molar-refractivity contribution < 1.29 is 9.53 Å². The monoisotopic (exact) mass is 266 g/mol. The molecule has 4 nitrogen and oxygen atoms in total. The summed E-state index contributed by atoms with van der Waals surface area (Å²) in [5, 5.41) is 2.92. The zero-order valence-corrected chi connectivity index (χ0v) is 11.2. The van der Waals surface area contributed by atoms with E-state index in [9.17, 15) is 4.79 Å². The van der Waals surface area contributed by atoms with Gasteiger partial charge in [-0.3, -0.25) is 4.79 Å². The fraction of sp³-hybridized carbons (Fsp3) is 0.462. The van der Waals surface area contributed by atoms with Gasteiger partial charge in [0.2, 0.25) is 0 Å². The average molecular weight is 266 g/mol. The summed E-state index contributed by atoms with van der Waals surface area (Å²) in [5.74, 6) is -0.0764. The van der Waals surface area contributed by atoms with Crippen molar-refractivity contribution in [2.24, 2.45) is 5.73 Å². The molecule has 1 aliphatic heterocycles. The van der Waals surface area contributed by atoms with Crippen molar-refractivity contribution >= 4 is 23.4 Å². The van der Waals surface area contributed by atoms with Crippen LogP contribution in [0.15, 0.2) is 29.2 Å². The van der Waals surface area contributed by atoms with Crippen LogP contribution in [0, 0.1) is 0 Å². The molecule has 0 saturated carbocycles. The topological polar surface area (TPSA) is 64.4 Å². The van der Waals surface area contributed by atoms with E-state index in [1.165, 1.54) is 0 Å². The second-order valence-corrected chi connectivity index (χ2v) is 5.10. The number of thioether (sulfide) groups is 1. The van der Waals surface area contributed by atoms with E-state index < -0.39 is 0 Å². The van der Waals surface area contributed by atoms with E-state index in [0.29, 0.717) is 6.54 Å². The van der Waals surface area contributed by atoms with Crippen LogP contribution < -0.4 is 11.1 Å². The van der Waals surface area contributed by atoms with Crippen LogP contribution in [0.3, 0.4) is 0 Å². The third-order valence-corrected chi connectivity index (χ3v) is 3.82. The van der Waals surface area contributed by atoms with E-state index >= 15 is 0 Å². The molecule has 0 aromatic heterocycles. The lowest BCUT2D eigenvalue weighted by molar-refractivity contribution is -0.126. The number of benzene rings is 1. The molecule has 2 unspecified atom stereocenters. The first-order valence-electron chi connectivity index (χ1n) is 6.04. The average Bonchev–Trinajstić information content (AvgIpc) is 2.88. The lowest BCUT2D eigenvalue weighted by Crippen LogP contribution is -2.29. The summed E-state index contributed by atoms with van der Waals surface area (Å²) >= 11 is 1.61. The maximum atomic E-state index is 12.1. The Kier molecular flexibility index (Phi) is 4.63. The Bertz CT molecular complexity index is 425. The van der Waals surface area contributed by atoms with Gasteiger partial charge in [0.25, 0.3) is 5.91 Å². The lowest BCUT2D eigenvalue weighted by atomic mass is 10.2. The molecule has 1 aromatic rings. The SMILES string of the molecule is CSc1ccccc1NC(=O)C1CCC(CN)O1. The quantitative estimate of drug-likeness (QED) is 0.816. The number of carbonyl (C=O) groups is 1. The van der Waals surface area contributed by atoms with Gasteiger partial charge < -0.3 is 15.8 Å². The van der Waals surface area contributed by atoms with Gasteiger partial charge >= 0.3 is 0 Å². The van der Waals surface area contributed by atoms with E-state index in [0.717, 1.165) is 23.4 Å². The number of rotatable bonds is 4. The molecule has 0 radical (unpaired) electrons. The number of ether oxygens (including phenoxy) is 1. The predicted octanol–water partition coefficient (Wildman–Crippen LogP) is 1.85. The fourth-order valence-electron chi connectivity index (χ4n) is 2.03. The first kappa shape index (κ1) is 13.4. The smallest absolute Gasteiger partial charge is 0.253 e. The highest BCUT2D eigenvalue weighted by atomic mass is 32.2. The Balaban J connectivity index is 1.99. The van der Waals surface area contributed by atoms with Crippen LogP contribution in [0.5, 0.6) is 0 Å². The summed E-state index contributed by atoms with van der Waals surface area (Å²) in [6, 6.07) is 7.75. The van der Waals surface area contributed by atoms with Gasteiger partial charge in [-0.15, -0.1) is 11.8 Å². The van der Waals surface area contributed by atoms with Crippen molar-refractivity contribution in [2.45, 2.75) is 29.9 Å². The minimum Gasteiger partial charge on any atom is -0.364 e. The lowest BCUT2D eigenvalue weighted by Gasteiger charge is -2.14. The van der Waals surface area contributed by atoms with Crippen molar-refractivity contribution in [1.82, 2.24) is 0 Å². The second-order valence-electron chi connectivity index (χ2n) is 4.25. The van der Waals surface area contributed by atoms with Crippen molar-refractivity contribution in [3.63, 3.8) is 0 Å².